The molecular weight excluding hydrogens is 402 g/mol. The normalized spacial score (nSPS) is 16.3. The third kappa shape index (κ3) is 4.17. The summed E-state index contributed by atoms with van der Waals surface area (Å²) in [7, 11) is 0. The summed E-state index contributed by atoms with van der Waals surface area (Å²) in [5.74, 6) is 0.896. The smallest absolute Gasteiger partial charge is 0.151 e. The molecule has 162 valence electrons. The highest BCUT2D eigenvalue weighted by Gasteiger charge is 2.18. The van der Waals surface area contributed by atoms with E-state index in [1.54, 1.807) is 18.5 Å². The summed E-state index contributed by atoms with van der Waals surface area (Å²) < 4.78 is 0. The SMILES string of the molecule is CC1CN(c2ccc(-c3ncc(NCc4cccc5cccnc45)cc3O)nn2)CCN1. The number of pyridine rings is 2. The highest BCUT2D eigenvalue weighted by molar-refractivity contribution is 5.81. The lowest BCUT2D eigenvalue weighted by Crippen LogP contribution is -2.49. The number of para-hydroxylation sites is 1. The Morgan fingerprint density at radius 2 is 2.03 bits per heavy atom. The largest absolute Gasteiger partial charge is 0.506 e. The molecule has 0 saturated carbocycles. The number of rotatable bonds is 5. The maximum Gasteiger partial charge on any atom is 0.151 e. The van der Waals surface area contributed by atoms with Crippen molar-refractivity contribution in [2.24, 2.45) is 0 Å². The summed E-state index contributed by atoms with van der Waals surface area (Å²) >= 11 is 0. The van der Waals surface area contributed by atoms with Crippen molar-refractivity contribution < 1.29 is 5.11 Å². The van der Waals surface area contributed by atoms with Gasteiger partial charge in [-0.25, -0.2) is 4.98 Å². The minimum Gasteiger partial charge on any atom is -0.506 e. The zero-order valence-corrected chi connectivity index (χ0v) is 17.9. The van der Waals surface area contributed by atoms with Gasteiger partial charge in [-0.1, -0.05) is 24.3 Å². The van der Waals surface area contributed by atoms with Crippen LogP contribution in [0.15, 0.2) is 60.9 Å². The molecule has 3 aromatic heterocycles. The van der Waals surface area contributed by atoms with Crippen molar-refractivity contribution in [2.75, 3.05) is 29.9 Å². The van der Waals surface area contributed by atoms with Gasteiger partial charge in [0.15, 0.2) is 5.82 Å². The summed E-state index contributed by atoms with van der Waals surface area (Å²) in [5, 5.41) is 27.1. The fraction of sp³-hybridized carbons (Fsp3) is 0.250. The van der Waals surface area contributed by atoms with Gasteiger partial charge in [0.25, 0.3) is 0 Å². The standard InChI is InChI=1S/C24H25N7O/c1-16-15-31(11-10-25-16)22-8-7-20(29-30-22)24-21(32)12-19(14-28-24)27-13-18-5-2-4-17-6-3-9-26-23(17)18/h2-9,12,14,16,25,27,32H,10-11,13,15H2,1H3. The number of aromatic nitrogens is 4. The van der Waals surface area contributed by atoms with Crippen LogP contribution in [0.2, 0.25) is 0 Å². The maximum absolute atomic E-state index is 10.6. The molecule has 32 heavy (non-hydrogen) atoms. The van der Waals surface area contributed by atoms with Gasteiger partial charge in [-0.2, -0.15) is 0 Å². The predicted molar refractivity (Wildman–Crippen MR) is 126 cm³/mol. The third-order valence-corrected chi connectivity index (χ3v) is 5.65. The average Bonchev–Trinajstić information content (AvgIpc) is 2.83. The van der Waals surface area contributed by atoms with Crippen LogP contribution >= 0.6 is 0 Å². The molecule has 1 unspecified atom stereocenters. The molecule has 1 aliphatic rings. The van der Waals surface area contributed by atoms with Gasteiger partial charge in [0.2, 0.25) is 0 Å². The number of anilines is 2. The number of benzene rings is 1. The lowest BCUT2D eigenvalue weighted by Gasteiger charge is -2.32. The van der Waals surface area contributed by atoms with E-state index >= 15 is 0 Å². The summed E-state index contributed by atoms with van der Waals surface area (Å²) in [6.07, 6.45) is 3.49. The maximum atomic E-state index is 10.6. The van der Waals surface area contributed by atoms with Crippen molar-refractivity contribution in [3.63, 3.8) is 0 Å². The lowest BCUT2D eigenvalue weighted by atomic mass is 10.1. The monoisotopic (exact) mass is 427 g/mol. The number of nitrogens with zero attached hydrogens (tertiary/aromatic N) is 5. The van der Waals surface area contributed by atoms with Gasteiger partial charge in [0.05, 0.1) is 17.4 Å². The summed E-state index contributed by atoms with van der Waals surface area (Å²) in [5.41, 5.74) is 3.72. The number of nitrogens with one attached hydrogen (secondary N) is 2. The first-order valence-electron chi connectivity index (χ1n) is 10.8. The Bertz CT molecular complexity index is 1220. The zero-order chi connectivity index (χ0) is 21.9. The molecule has 1 aromatic carbocycles. The number of piperazine rings is 1. The third-order valence-electron chi connectivity index (χ3n) is 5.65. The first-order valence-corrected chi connectivity index (χ1v) is 10.8. The number of fused-ring (bicyclic) bond motifs is 1. The van der Waals surface area contributed by atoms with Crippen molar-refractivity contribution in [3.05, 3.63) is 66.5 Å². The molecule has 0 amide bonds. The Morgan fingerprint density at radius 1 is 1.12 bits per heavy atom. The minimum atomic E-state index is 0.0592. The first-order chi connectivity index (χ1) is 15.7. The molecule has 1 atom stereocenters. The molecule has 5 rings (SSSR count). The van der Waals surface area contributed by atoms with Crippen LogP contribution in [0.25, 0.3) is 22.3 Å². The first kappa shape index (κ1) is 20.1. The van der Waals surface area contributed by atoms with Gasteiger partial charge in [-0.15, -0.1) is 10.2 Å². The van der Waals surface area contributed by atoms with Crippen molar-refractivity contribution in [3.8, 4) is 17.1 Å². The molecule has 4 aromatic rings. The lowest BCUT2D eigenvalue weighted by molar-refractivity contribution is 0.475. The predicted octanol–water partition coefficient (Wildman–Crippen LogP) is 3.20. The van der Waals surface area contributed by atoms with Crippen molar-refractivity contribution >= 4 is 22.4 Å². The summed E-state index contributed by atoms with van der Waals surface area (Å²) in [6, 6.07) is 15.9. The van der Waals surface area contributed by atoms with E-state index < -0.39 is 0 Å². The van der Waals surface area contributed by atoms with E-state index in [2.05, 4.69) is 42.6 Å². The second kappa shape index (κ2) is 8.76. The van der Waals surface area contributed by atoms with Crippen LogP contribution in [0, 0.1) is 0 Å². The molecule has 3 N–H and O–H groups in total. The Kier molecular flexibility index (Phi) is 5.51. The van der Waals surface area contributed by atoms with Gasteiger partial charge in [0, 0.05) is 49.9 Å². The topological polar surface area (TPSA) is 99.1 Å². The second-order valence-electron chi connectivity index (χ2n) is 8.02. The molecule has 4 heterocycles. The number of hydrogen-bond donors (Lipinski definition) is 3. The van der Waals surface area contributed by atoms with E-state index in [0.717, 1.165) is 47.6 Å². The van der Waals surface area contributed by atoms with Gasteiger partial charge in [-0.05, 0) is 30.7 Å². The highest BCUT2D eigenvalue weighted by Crippen LogP contribution is 2.28. The highest BCUT2D eigenvalue weighted by atomic mass is 16.3. The molecule has 8 heteroatoms. The molecule has 1 saturated heterocycles. The molecular formula is C24H25N7O. The van der Waals surface area contributed by atoms with Crippen LogP contribution in [0.5, 0.6) is 5.75 Å². The van der Waals surface area contributed by atoms with E-state index in [9.17, 15) is 5.11 Å². The molecule has 8 nitrogen and oxygen atoms in total. The van der Waals surface area contributed by atoms with Crippen LogP contribution in [-0.4, -0.2) is 50.9 Å². The molecule has 0 radical (unpaired) electrons. The van der Waals surface area contributed by atoms with Crippen LogP contribution < -0.4 is 15.5 Å². The minimum absolute atomic E-state index is 0.0592. The van der Waals surface area contributed by atoms with Crippen LogP contribution in [0.3, 0.4) is 0 Å². The van der Waals surface area contributed by atoms with Crippen LogP contribution in [0.1, 0.15) is 12.5 Å². The second-order valence-corrected chi connectivity index (χ2v) is 8.02. The average molecular weight is 428 g/mol. The van der Waals surface area contributed by atoms with Crippen LogP contribution in [-0.2, 0) is 6.54 Å². The number of hydrogen-bond acceptors (Lipinski definition) is 8. The van der Waals surface area contributed by atoms with Gasteiger partial charge in [0.1, 0.15) is 17.1 Å². The Balaban J connectivity index is 1.30. The molecule has 1 fully saturated rings. The van der Waals surface area contributed by atoms with E-state index in [0.29, 0.717) is 24.0 Å². The Morgan fingerprint density at radius 3 is 2.84 bits per heavy atom. The Labute approximate surface area is 186 Å². The Hall–Kier alpha value is -3.78. The van der Waals surface area contributed by atoms with E-state index in [1.165, 1.54) is 0 Å². The molecule has 0 bridgehead atoms. The van der Waals surface area contributed by atoms with Crippen molar-refractivity contribution in [1.82, 2.24) is 25.5 Å². The van der Waals surface area contributed by atoms with Crippen LogP contribution in [0.4, 0.5) is 11.5 Å². The molecule has 0 aliphatic carbocycles. The quantitative estimate of drug-likeness (QED) is 0.447. The fourth-order valence-corrected chi connectivity index (χ4v) is 4.02. The van der Waals surface area contributed by atoms with E-state index in [4.69, 9.17) is 0 Å². The van der Waals surface area contributed by atoms with E-state index in [-0.39, 0.29) is 5.75 Å². The summed E-state index contributed by atoms with van der Waals surface area (Å²) in [6.45, 7) is 5.45. The fourth-order valence-electron chi connectivity index (χ4n) is 4.02. The molecule has 0 spiro atoms. The van der Waals surface area contributed by atoms with Gasteiger partial charge >= 0.3 is 0 Å². The van der Waals surface area contributed by atoms with Crippen molar-refractivity contribution in [1.29, 1.82) is 0 Å². The zero-order valence-electron chi connectivity index (χ0n) is 17.9. The number of aromatic hydroxyl groups is 1. The van der Waals surface area contributed by atoms with Gasteiger partial charge in [-0.3, -0.25) is 4.98 Å². The van der Waals surface area contributed by atoms with Crippen molar-refractivity contribution in [2.45, 2.75) is 19.5 Å². The summed E-state index contributed by atoms with van der Waals surface area (Å²) in [4.78, 5) is 11.1. The van der Waals surface area contributed by atoms with E-state index in [1.807, 2.05) is 42.5 Å². The van der Waals surface area contributed by atoms with Gasteiger partial charge < -0.3 is 20.6 Å². The molecule has 1 aliphatic heterocycles.